The van der Waals surface area contributed by atoms with E-state index in [-0.39, 0.29) is 51.4 Å². The van der Waals surface area contributed by atoms with Gasteiger partial charge in [-0.3, -0.25) is 0 Å². The zero-order chi connectivity index (χ0) is 6.81. The van der Waals surface area contributed by atoms with Crippen LogP contribution in [-0.2, 0) is 0 Å². The molecule has 0 fully saturated rings. The van der Waals surface area contributed by atoms with Crippen LogP contribution in [0.3, 0.4) is 0 Å². The minimum Gasteiger partial charge on any atom is -0.547 e. The Kier molecular flexibility index (Phi) is 3.88. The topological polar surface area (TPSA) is 21.3 Å². The fourth-order valence-corrected chi connectivity index (χ4v) is 1.02. The van der Waals surface area contributed by atoms with E-state index in [1.54, 1.807) is 0 Å². The molecule has 0 bridgehead atoms. The van der Waals surface area contributed by atoms with E-state index in [2.05, 4.69) is 11.4 Å². The van der Waals surface area contributed by atoms with E-state index >= 15 is 0 Å². The second-order valence-corrected chi connectivity index (χ2v) is 2.18. The summed E-state index contributed by atoms with van der Waals surface area (Å²) < 4.78 is 5.33. The Labute approximate surface area is 109 Å². The Bertz CT molecular complexity index is 214. The summed E-state index contributed by atoms with van der Waals surface area (Å²) in [4.78, 5) is 0. The molecule has 1 N–H and O–H groups in total. The molecule has 3 heteroatoms. The number of anilines is 1. The van der Waals surface area contributed by atoms with Crippen molar-refractivity contribution in [2.45, 2.75) is 0 Å². The average molecular weight is 173 g/mol. The minimum absolute atomic E-state index is 0. The van der Waals surface area contributed by atoms with Crippen LogP contribution in [0.15, 0.2) is 18.2 Å². The van der Waals surface area contributed by atoms with Gasteiger partial charge in [0.2, 0.25) is 0 Å². The van der Waals surface area contributed by atoms with Gasteiger partial charge >= 0.3 is 51.4 Å². The Morgan fingerprint density at radius 3 is 3.27 bits per heavy atom. The first-order chi connectivity index (χ1) is 4.97. The van der Waals surface area contributed by atoms with Crippen LogP contribution in [0.4, 0.5) is 5.69 Å². The van der Waals surface area contributed by atoms with E-state index in [9.17, 15) is 0 Å². The summed E-state index contributed by atoms with van der Waals surface area (Å²) in [5.74, 6) is 0.911. The van der Waals surface area contributed by atoms with E-state index < -0.39 is 0 Å². The molecule has 1 heterocycles. The first-order valence-corrected chi connectivity index (χ1v) is 3.34. The van der Waals surface area contributed by atoms with Crippen molar-refractivity contribution >= 4 is 5.69 Å². The summed E-state index contributed by atoms with van der Waals surface area (Å²) >= 11 is 0. The number of benzene rings is 1. The standard InChI is InChI=1S/C8H8NO.K/c1-2-4-8-7(3-1)9-5-6-10-8;/h1-2,4,9H,5-6H2;/q-1;+1. The number of ether oxygens (including phenoxy) is 1. The van der Waals surface area contributed by atoms with E-state index in [4.69, 9.17) is 4.74 Å². The molecule has 1 aromatic rings. The van der Waals surface area contributed by atoms with Crippen molar-refractivity contribution in [2.75, 3.05) is 18.5 Å². The largest absolute Gasteiger partial charge is 1.00 e. The van der Waals surface area contributed by atoms with Gasteiger partial charge in [-0.1, -0.05) is 0 Å². The monoisotopic (exact) mass is 173 g/mol. The smallest absolute Gasteiger partial charge is 0.547 e. The Hall–Kier alpha value is 0.456. The van der Waals surface area contributed by atoms with Gasteiger partial charge in [0.1, 0.15) is 0 Å². The first-order valence-electron chi connectivity index (χ1n) is 3.34. The fourth-order valence-electron chi connectivity index (χ4n) is 1.02. The summed E-state index contributed by atoms with van der Waals surface area (Å²) in [5, 5.41) is 3.18. The number of nitrogens with one attached hydrogen (secondary N) is 1. The molecular weight excluding hydrogens is 165 g/mol. The van der Waals surface area contributed by atoms with Crippen LogP contribution in [0.2, 0.25) is 0 Å². The first kappa shape index (κ1) is 9.54. The van der Waals surface area contributed by atoms with E-state index in [1.807, 2.05) is 18.2 Å². The quantitative estimate of drug-likeness (QED) is 0.373. The molecule has 1 aromatic carbocycles. The van der Waals surface area contributed by atoms with Gasteiger partial charge in [-0.2, -0.15) is 18.2 Å². The molecule has 0 atom stereocenters. The van der Waals surface area contributed by atoms with Crippen LogP contribution in [0.25, 0.3) is 0 Å². The number of rotatable bonds is 0. The molecule has 2 rings (SSSR count). The maximum absolute atomic E-state index is 5.33. The molecule has 52 valence electrons. The van der Waals surface area contributed by atoms with E-state index in [0.717, 1.165) is 24.6 Å². The molecule has 11 heavy (non-hydrogen) atoms. The van der Waals surface area contributed by atoms with Crippen molar-refractivity contribution in [3.05, 3.63) is 24.3 Å². The van der Waals surface area contributed by atoms with Crippen LogP contribution in [0, 0.1) is 6.07 Å². The molecule has 0 saturated heterocycles. The maximum atomic E-state index is 5.33. The average Bonchev–Trinajstić information content (AvgIpc) is 2.05. The van der Waals surface area contributed by atoms with Gasteiger partial charge in [0.05, 0.1) is 6.61 Å². The molecule has 0 amide bonds. The summed E-state index contributed by atoms with van der Waals surface area (Å²) in [6.45, 7) is 1.64. The summed E-state index contributed by atoms with van der Waals surface area (Å²) in [6.07, 6.45) is 0. The molecule has 0 aromatic heterocycles. The van der Waals surface area contributed by atoms with Gasteiger partial charge in [0.15, 0.2) is 0 Å². The number of para-hydroxylation sites is 1. The normalized spacial score (nSPS) is 13.5. The molecule has 0 spiro atoms. The summed E-state index contributed by atoms with van der Waals surface area (Å²) in [7, 11) is 0. The van der Waals surface area contributed by atoms with Crippen LogP contribution in [-0.4, -0.2) is 13.2 Å². The van der Waals surface area contributed by atoms with Crippen LogP contribution >= 0.6 is 0 Å². The van der Waals surface area contributed by atoms with Gasteiger partial charge < -0.3 is 10.1 Å². The fraction of sp³-hybridized carbons (Fsp3) is 0.250. The van der Waals surface area contributed by atoms with Gasteiger partial charge in [-0.25, -0.2) is 0 Å². The minimum atomic E-state index is 0. The third kappa shape index (κ3) is 2.20. The summed E-state index contributed by atoms with van der Waals surface area (Å²) in [5.41, 5.74) is 0.980. The third-order valence-electron chi connectivity index (χ3n) is 1.48. The summed E-state index contributed by atoms with van der Waals surface area (Å²) in [6, 6.07) is 8.79. The van der Waals surface area contributed by atoms with Crippen molar-refractivity contribution in [3.63, 3.8) is 0 Å². The van der Waals surface area contributed by atoms with Crippen LogP contribution < -0.4 is 61.4 Å². The molecular formula is C8H8KNO. The molecule has 0 radical (unpaired) electrons. The molecule has 1 aliphatic rings. The molecule has 0 saturated carbocycles. The Morgan fingerprint density at radius 2 is 2.45 bits per heavy atom. The van der Waals surface area contributed by atoms with Crippen molar-refractivity contribution in [3.8, 4) is 5.75 Å². The third-order valence-corrected chi connectivity index (χ3v) is 1.48. The zero-order valence-corrected chi connectivity index (χ0v) is 9.68. The molecule has 1 aliphatic heterocycles. The van der Waals surface area contributed by atoms with E-state index in [1.165, 1.54) is 0 Å². The Morgan fingerprint density at radius 1 is 1.55 bits per heavy atom. The maximum Gasteiger partial charge on any atom is 1.00 e. The van der Waals surface area contributed by atoms with Gasteiger partial charge in [0.25, 0.3) is 0 Å². The van der Waals surface area contributed by atoms with Gasteiger partial charge in [-0.15, -0.1) is 6.07 Å². The van der Waals surface area contributed by atoms with Crippen molar-refractivity contribution in [2.24, 2.45) is 0 Å². The van der Waals surface area contributed by atoms with Crippen molar-refractivity contribution < 1.29 is 56.1 Å². The number of hydrogen-bond donors (Lipinski definition) is 1. The van der Waals surface area contributed by atoms with Gasteiger partial charge in [0, 0.05) is 12.3 Å². The van der Waals surface area contributed by atoms with Crippen LogP contribution in [0.1, 0.15) is 0 Å². The predicted octanol–water partition coefficient (Wildman–Crippen LogP) is -1.70. The van der Waals surface area contributed by atoms with Crippen molar-refractivity contribution in [1.29, 1.82) is 0 Å². The second kappa shape index (κ2) is 4.47. The predicted molar refractivity (Wildman–Crippen MR) is 39.3 cm³/mol. The van der Waals surface area contributed by atoms with Crippen LogP contribution in [0.5, 0.6) is 5.75 Å². The number of hydrogen-bond acceptors (Lipinski definition) is 2. The SMILES string of the molecule is [K+].[c-]1cccc2c1NCCO2. The second-order valence-electron chi connectivity index (χ2n) is 2.18. The van der Waals surface area contributed by atoms with E-state index in [0.29, 0.717) is 0 Å². The molecule has 0 aliphatic carbocycles. The molecule has 0 unspecified atom stereocenters. The number of fused-ring (bicyclic) bond motifs is 1. The zero-order valence-electron chi connectivity index (χ0n) is 6.55. The van der Waals surface area contributed by atoms with Crippen molar-refractivity contribution in [1.82, 2.24) is 0 Å². The molecule has 2 nitrogen and oxygen atoms in total. The van der Waals surface area contributed by atoms with Gasteiger partial charge in [-0.05, 0) is 5.69 Å². The Balaban J connectivity index is 0.000000605.